The largest absolute Gasteiger partial charge is 0.340 e. The highest BCUT2D eigenvalue weighted by Gasteiger charge is 2.23. The van der Waals surface area contributed by atoms with Gasteiger partial charge in [-0.3, -0.25) is 4.90 Å². The van der Waals surface area contributed by atoms with Gasteiger partial charge in [-0.25, -0.2) is 4.98 Å². The summed E-state index contributed by atoms with van der Waals surface area (Å²) in [6.45, 7) is 6.56. The van der Waals surface area contributed by atoms with Crippen LogP contribution in [0.5, 0.6) is 0 Å². The topological polar surface area (TPSA) is 24.3 Å². The van der Waals surface area contributed by atoms with Crippen LogP contribution in [0.1, 0.15) is 18.5 Å². The van der Waals surface area contributed by atoms with Gasteiger partial charge < -0.3 is 9.47 Å². The van der Waals surface area contributed by atoms with E-state index in [-0.39, 0.29) is 24.8 Å². The molecule has 2 heterocycles. The van der Waals surface area contributed by atoms with Gasteiger partial charge in [0.05, 0.1) is 0 Å². The predicted molar refractivity (Wildman–Crippen MR) is 96.3 cm³/mol. The molecule has 0 amide bonds. The maximum Gasteiger partial charge on any atom is 0.205 e. The predicted octanol–water partition coefficient (Wildman–Crippen LogP) is 3.15. The Morgan fingerprint density at radius 2 is 1.64 bits per heavy atom. The summed E-state index contributed by atoms with van der Waals surface area (Å²) in [5, 5.41) is 0. The lowest BCUT2D eigenvalue weighted by atomic mass is 10.1. The number of nitrogens with zero attached hydrogens (tertiary/aromatic N) is 4. The van der Waals surface area contributed by atoms with Gasteiger partial charge in [0.15, 0.2) is 0 Å². The van der Waals surface area contributed by atoms with E-state index in [1.54, 1.807) is 0 Å². The molecule has 1 aromatic heterocycles. The molecule has 122 valence electrons. The second kappa shape index (κ2) is 8.42. The van der Waals surface area contributed by atoms with Gasteiger partial charge in [-0.1, -0.05) is 30.3 Å². The standard InChI is InChI=1S/C16H22N4.2ClH/c1-14(15-6-4-3-5-7-15)19-10-12-20(13-11-19)16-17-8-9-18(16)2;;/h3-9,14H,10-13H2,1-2H3;2*1H. The average Bonchev–Trinajstić information content (AvgIpc) is 2.94. The number of aryl methyl sites for hydroxylation is 1. The third-order valence-corrected chi connectivity index (χ3v) is 4.22. The fraction of sp³-hybridized carbons (Fsp3) is 0.438. The molecule has 0 spiro atoms. The third-order valence-electron chi connectivity index (χ3n) is 4.22. The first-order valence-electron chi connectivity index (χ1n) is 7.27. The summed E-state index contributed by atoms with van der Waals surface area (Å²) >= 11 is 0. The molecule has 3 rings (SSSR count). The number of benzene rings is 1. The third kappa shape index (κ3) is 3.94. The number of aromatic nitrogens is 2. The smallest absolute Gasteiger partial charge is 0.205 e. The lowest BCUT2D eigenvalue weighted by molar-refractivity contribution is 0.197. The van der Waals surface area contributed by atoms with E-state index in [9.17, 15) is 0 Å². The van der Waals surface area contributed by atoms with Crippen molar-refractivity contribution in [3.8, 4) is 0 Å². The van der Waals surface area contributed by atoms with Crippen molar-refractivity contribution >= 4 is 30.8 Å². The van der Waals surface area contributed by atoms with E-state index in [4.69, 9.17) is 0 Å². The van der Waals surface area contributed by atoms with Crippen LogP contribution in [0.3, 0.4) is 0 Å². The first-order valence-corrected chi connectivity index (χ1v) is 7.27. The molecule has 0 saturated carbocycles. The van der Waals surface area contributed by atoms with Crippen LogP contribution in [0.4, 0.5) is 5.95 Å². The molecule has 6 heteroatoms. The van der Waals surface area contributed by atoms with Crippen molar-refractivity contribution in [2.24, 2.45) is 7.05 Å². The van der Waals surface area contributed by atoms with Crippen LogP contribution in [0.15, 0.2) is 42.7 Å². The number of piperazine rings is 1. The Balaban J connectivity index is 0.00000121. The summed E-state index contributed by atoms with van der Waals surface area (Å²) in [4.78, 5) is 9.36. The van der Waals surface area contributed by atoms with Crippen molar-refractivity contribution in [1.29, 1.82) is 0 Å². The second-order valence-corrected chi connectivity index (χ2v) is 5.45. The van der Waals surface area contributed by atoms with Crippen molar-refractivity contribution in [2.45, 2.75) is 13.0 Å². The zero-order valence-corrected chi connectivity index (χ0v) is 14.7. The lowest BCUT2D eigenvalue weighted by Gasteiger charge is -2.38. The minimum Gasteiger partial charge on any atom is -0.340 e. The minimum absolute atomic E-state index is 0. The summed E-state index contributed by atoms with van der Waals surface area (Å²) in [5.41, 5.74) is 1.40. The summed E-state index contributed by atoms with van der Waals surface area (Å²) in [6.07, 6.45) is 3.88. The SMILES string of the molecule is CC(c1ccccc1)N1CCN(c2nccn2C)CC1.Cl.Cl. The Morgan fingerprint density at radius 1 is 1.00 bits per heavy atom. The molecule has 1 aliphatic heterocycles. The van der Waals surface area contributed by atoms with Gasteiger partial charge in [-0.15, -0.1) is 24.8 Å². The molecule has 1 unspecified atom stereocenters. The molecular formula is C16H24Cl2N4. The summed E-state index contributed by atoms with van der Waals surface area (Å²) in [7, 11) is 2.06. The molecule has 0 aliphatic carbocycles. The van der Waals surface area contributed by atoms with Crippen LogP contribution in [-0.2, 0) is 7.05 Å². The Bertz CT molecular complexity index is 550. The van der Waals surface area contributed by atoms with E-state index in [0.717, 1.165) is 32.1 Å². The van der Waals surface area contributed by atoms with Gasteiger partial charge >= 0.3 is 0 Å². The quantitative estimate of drug-likeness (QED) is 0.856. The normalized spacial score (nSPS) is 16.5. The second-order valence-electron chi connectivity index (χ2n) is 5.45. The van der Waals surface area contributed by atoms with E-state index in [2.05, 4.69) is 63.7 Å². The number of hydrogen-bond acceptors (Lipinski definition) is 3. The Kier molecular flexibility index (Phi) is 7.20. The highest BCUT2D eigenvalue weighted by Crippen LogP contribution is 2.22. The molecule has 1 aromatic carbocycles. The van der Waals surface area contributed by atoms with E-state index in [1.807, 2.05) is 12.4 Å². The number of imidazole rings is 1. The molecule has 1 saturated heterocycles. The van der Waals surface area contributed by atoms with Crippen LogP contribution in [0.25, 0.3) is 0 Å². The molecule has 1 fully saturated rings. The molecule has 0 bridgehead atoms. The van der Waals surface area contributed by atoms with Gasteiger partial charge in [0.25, 0.3) is 0 Å². The first kappa shape index (κ1) is 18.8. The zero-order valence-electron chi connectivity index (χ0n) is 13.1. The number of halogens is 2. The van der Waals surface area contributed by atoms with Crippen LogP contribution in [0, 0.1) is 0 Å². The summed E-state index contributed by atoms with van der Waals surface area (Å²) < 4.78 is 2.09. The Labute approximate surface area is 145 Å². The molecule has 0 N–H and O–H groups in total. The van der Waals surface area contributed by atoms with Gasteiger partial charge in [-0.2, -0.15) is 0 Å². The molecule has 1 aliphatic rings. The van der Waals surface area contributed by atoms with E-state index >= 15 is 0 Å². The van der Waals surface area contributed by atoms with E-state index in [0.29, 0.717) is 6.04 Å². The molecule has 4 nitrogen and oxygen atoms in total. The van der Waals surface area contributed by atoms with Crippen molar-refractivity contribution in [3.63, 3.8) is 0 Å². The minimum atomic E-state index is 0. The van der Waals surface area contributed by atoms with Crippen LogP contribution in [0.2, 0.25) is 0 Å². The van der Waals surface area contributed by atoms with Crippen molar-refractivity contribution < 1.29 is 0 Å². The van der Waals surface area contributed by atoms with Crippen molar-refractivity contribution in [1.82, 2.24) is 14.5 Å². The van der Waals surface area contributed by atoms with Gasteiger partial charge in [0.1, 0.15) is 0 Å². The van der Waals surface area contributed by atoms with Gasteiger partial charge in [0.2, 0.25) is 5.95 Å². The fourth-order valence-corrected chi connectivity index (χ4v) is 2.91. The molecule has 0 radical (unpaired) electrons. The van der Waals surface area contributed by atoms with Gasteiger partial charge in [0, 0.05) is 51.7 Å². The van der Waals surface area contributed by atoms with Crippen LogP contribution < -0.4 is 4.90 Å². The van der Waals surface area contributed by atoms with E-state index < -0.39 is 0 Å². The summed E-state index contributed by atoms with van der Waals surface area (Å²) in [5.74, 6) is 1.08. The number of anilines is 1. The average molecular weight is 343 g/mol. The number of hydrogen-bond donors (Lipinski definition) is 0. The van der Waals surface area contributed by atoms with Gasteiger partial charge in [-0.05, 0) is 12.5 Å². The lowest BCUT2D eigenvalue weighted by Crippen LogP contribution is -2.47. The molecule has 1 atom stereocenters. The van der Waals surface area contributed by atoms with Crippen LogP contribution >= 0.6 is 24.8 Å². The molecular weight excluding hydrogens is 319 g/mol. The Morgan fingerprint density at radius 3 is 2.18 bits per heavy atom. The Hall–Kier alpha value is -1.23. The van der Waals surface area contributed by atoms with Crippen molar-refractivity contribution in [2.75, 3.05) is 31.1 Å². The highest BCUT2D eigenvalue weighted by molar-refractivity contribution is 5.85. The maximum absolute atomic E-state index is 4.44. The fourth-order valence-electron chi connectivity index (χ4n) is 2.91. The molecule has 2 aromatic rings. The van der Waals surface area contributed by atoms with E-state index in [1.165, 1.54) is 5.56 Å². The first-order chi connectivity index (χ1) is 9.75. The molecule has 22 heavy (non-hydrogen) atoms. The highest BCUT2D eigenvalue weighted by atomic mass is 35.5. The monoisotopic (exact) mass is 342 g/mol. The maximum atomic E-state index is 4.44. The van der Waals surface area contributed by atoms with Crippen molar-refractivity contribution in [3.05, 3.63) is 48.3 Å². The number of rotatable bonds is 3. The zero-order chi connectivity index (χ0) is 13.9. The summed E-state index contributed by atoms with van der Waals surface area (Å²) in [6, 6.07) is 11.2. The van der Waals surface area contributed by atoms with Crippen LogP contribution in [-0.4, -0.2) is 40.6 Å².